The van der Waals surface area contributed by atoms with E-state index in [2.05, 4.69) is 6.08 Å². The molecule has 0 amide bonds. The van der Waals surface area contributed by atoms with Crippen molar-refractivity contribution in [3.05, 3.63) is 51.6 Å². The quantitative estimate of drug-likeness (QED) is 0.467. The number of ether oxygens (including phenoxy) is 1. The van der Waals surface area contributed by atoms with E-state index in [0.29, 0.717) is 6.42 Å². The Hall–Kier alpha value is -1.84. The number of benzene rings is 1. The summed E-state index contributed by atoms with van der Waals surface area (Å²) in [6.07, 6.45) is 7.78. The second-order valence-electron chi connectivity index (χ2n) is 5.23. The number of rotatable bonds is 5. The van der Waals surface area contributed by atoms with E-state index in [1.165, 1.54) is 6.42 Å². The van der Waals surface area contributed by atoms with Crippen molar-refractivity contribution in [2.75, 3.05) is 7.11 Å². The molecule has 20 heavy (non-hydrogen) atoms. The van der Waals surface area contributed by atoms with Crippen LogP contribution in [0.4, 0.5) is 0 Å². The number of nitro groups is 1. The van der Waals surface area contributed by atoms with E-state index in [-0.39, 0.29) is 4.92 Å². The molecule has 0 fully saturated rings. The minimum absolute atomic E-state index is 0.138. The van der Waals surface area contributed by atoms with Crippen LogP contribution >= 0.6 is 0 Å². The summed E-state index contributed by atoms with van der Waals surface area (Å²) >= 11 is 0. The molecule has 1 aromatic rings. The normalized spacial score (nSPS) is 16.9. The van der Waals surface area contributed by atoms with Gasteiger partial charge in [0.2, 0.25) is 6.04 Å². The van der Waals surface area contributed by atoms with Crippen molar-refractivity contribution in [1.82, 2.24) is 0 Å². The first kappa shape index (κ1) is 14.6. The third kappa shape index (κ3) is 3.83. The molecule has 0 N–H and O–H groups in total. The Bertz CT molecular complexity index is 479. The van der Waals surface area contributed by atoms with Crippen molar-refractivity contribution >= 4 is 0 Å². The van der Waals surface area contributed by atoms with Gasteiger partial charge in [-0.3, -0.25) is 10.1 Å². The van der Waals surface area contributed by atoms with Crippen LogP contribution in [0.15, 0.2) is 35.9 Å². The molecule has 1 atom stereocenters. The standard InChI is InChI=1S/C16H21NO3/c1-20-15-10-8-13(9-11-15)12-16(17(18)19)14-6-4-2-3-5-7-14/h6,8-11,16H,2-5,7,12H2,1H3. The summed E-state index contributed by atoms with van der Waals surface area (Å²) in [5.41, 5.74) is 1.99. The Labute approximate surface area is 119 Å². The smallest absolute Gasteiger partial charge is 0.238 e. The van der Waals surface area contributed by atoms with E-state index in [0.717, 1.165) is 42.6 Å². The minimum Gasteiger partial charge on any atom is -0.497 e. The number of methoxy groups -OCH3 is 1. The van der Waals surface area contributed by atoms with Crippen LogP contribution in [-0.2, 0) is 6.42 Å². The molecule has 1 aliphatic carbocycles. The van der Waals surface area contributed by atoms with Gasteiger partial charge in [-0.2, -0.15) is 0 Å². The number of hydrogen-bond acceptors (Lipinski definition) is 3. The first-order chi connectivity index (χ1) is 9.70. The maximum absolute atomic E-state index is 11.4. The first-order valence-corrected chi connectivity index (χ1v) is 7.16. The van der Waals surface area contributed by atoms with Crippen LogP contribution in [0.1, 0.15) is 37.7 Å². The predicted molar refractivity (Wildman–Crippen MR) is 78.6 cm³/mol. The fourth-order valence-electron chi connectivity index (χ4n) is 2.67. The van der Waals surface area contributed by atoms with Gasteiger partial charge < -0.3 is 4.74 Å². The average Bonchev–Trinajstić information content (AvgIpc) is 2.74. The molecule has 1 unspecified atom stereocenters. The molecule has 2 rings (SSSR count). The largest absolute Gasteiger partial charge is 0.497 e. The third-order valence-corrected chi connectivity index (χ3v) is 3.85. The topological polar surface area (TPSA) is 52.4 Å². The Morgan fingerprint density at radius 2 is 2.00 bits per heavy atom. The molecule has 0 radical (unpaired) electrons. The van der Waals surface area contributed by atoms with Crippen LogP contribution in [0.5, 0.6) is 5.75 Å². The molecule has 108 valence electrons. The van der Waals surface area contributed by atoms with Crippen molar-refractivity contribution in [2.45, 2.75) is 44.6 Å². The molecule has 0 aliphatic heterocycles. The Balaban J connectivity index is 2.11. The zero-order valence-corrected chi connectivity index (χ0v) is 11.9. The SMILES string of the molecule is COc1ccc(CC(C2=CCCCCC2)[N+](=O)[O-])cc1. The summed E-state index contributed by atoms with van der Waals surface area (Å²) in [5, 5.41) is 11.4. The Morgan fingerprint density at radius 1 is 1.25 bits per heavy atom. The molecular weight excluding hydrogens is 254 g/mol. The summed E-state index contributed by atoms with van der Waals surface area (Å²) in [7, 11) is 1.62. The minimum atomic E-state index is -0.582. The molecule has 1 aliphatic rings. The molecule has 0 saturated carbocycles. The van der Waals surface area contributed by atoms with Gasteiger partial charge >= 0.3 is 0 Å². The van der Waals surface area contributed by atoms with Gasteiger partial charge in [-0.05, 0) is 49.0 Å². The molecule has 1 aromatic carbocycles. The average molecular weight is 275 g/mol. The molecule has 4 nitrogen and oxygen atoms in total. The highest BCUT2D eigenvalue weighted by atomic mass is 16.6. The van der Waals surface area contributed by atoms with Crippen molar-refractivity contribution in [3.8, 4) is 5.75 Å². The Morgan fingerprint density at radius 3 is 2.65 bits per heavy atom. The van der Waals surface area contributed by atoms with E-state index in [9.17, 15) is 10.1 Å². The Kier molecular flexibility index (Phi) is 5.16. The van der Waals surface area contributed by atoms with Crippen molar-refractivity contribution in [1.29, 1.82) is 0 Å². The highest BCUT2D eigenvalue weighted by Crippen LogP contribution is 2.24. The molecule has 0 heterocycles. The van der Waals surface area contributed by atoms with Crippen molar-refractivity contribution < 1.29 is 9.66 Å². The van der Waals surface area contributed by atoms with Crippen molar-refractivity contribution in [3.63, 3.8) is 0 Å². The lowest BCUT2D eigenvalue weighted by Gasteiger charge is -2.13. The van der Waals surface area contributed by atoms with Crippen LogP contribution in [-0.4, -0.2) is 18.1 Å². The van der Waals surface area contributed by atoms with E-state index >= 15 is 0 Å². The predicted octanol–water partition coefficient (Wildman–Crippen LogP) is 3.77. The van der Waals surface area contributed by atoms with Gasteiger partial charge in [0, 0.05) is 11.3 Å². The second-order valence-corrected chi connectivity index (χ2v) is 5.23. The lowest BCUT2D eigenvalue weighted by molar-refractivity contribution is -0.512. The maximum Gasteiger partial charge on any atom is 0.238 e. The lowest BCUT2D eigenvalue weighted by Crippen LogP contribution is -2.24. The molecule has 4 heteroatoms. The molecule has 0 bridgehead atoms. The molecular formula is C16H21NO3. The fraction of sp³-hybridized carbons (Fsp3) is 0.500. The van der Waals surface area contributed by atoms with Gasteiger partial charge in [0.15, 0.2) is 0 Å². The lowest BCUT2D eigenvalue weighted by atomic mass is 9.96. The summed E-state index contributed by atoms with van der Waals surface area (Å²) in [5.74, 6) is 0.778. The monoisotopic (exact) mass is 275 g/mol. The summed E-state index contributed by atoms with van der Waals surface area (Å²) in [4.78, 5) is 11.2. The zero-order chi connectivity index (χ0) is 14.4. The molecule has 0 spiro atoms. The summed E-state index contributed by atoms with van der Waals surface area (Å²) in [6, 6.07) is 6.95. The fourth-order valence-corrected chi connectivity index (χ4v) is 2.67. The van der Waals surface area contributed by atoms with Gasteiger partial charge in [-0.25, -0.2) is 0 Å². The van der Waals surface area contributed by atoms with E-state index in [1.807, 2.05) is 24.3 Å². The van der Waals surface area contributed by atoms with Crippen LogP contribution in [0.25, 0.3) is 0 Å². The zero-order valence-electron chi connectivity index (χ0n) is 11.9. The second kappa shape index (κ2) is 7.08. The van der Waals surface area contributed by atoms with Crippen LogP contribution in [0, 0.1) is 10.1 Å². The van der Waals surface area contributed by atoms with E-state index in [1.54, 1.807) is 7.11 Å². The van der Waals surface area contributed by atoms with Crippen molar-refractivity contribution in [2.24, 2.45) is 0 Å². The van der Waals surface area contributed by atoms with Crippen LogP contribution in [0.3, 0.4) is 0 Å². The van der Waals surface area contributed by atoms with Gasteiger partial charge in [-0.1, -0.05) is 24.6 Å². The molecule has 0 saturated heterocycles. The highest BCUT2D eigenvalue weighted by molar-refractivity contribution is 5.28. The third-order valence-electron chi connectivity index (χ3n) is 3.85. The number of allylic oxidation sites excluding steroid dienone is 1. The summed E-state index contributed by atoms with van der Waals surface area (Å²) in [6.45, 7) is 0. The highest BCUT2D eigenvalue weighted by Gasteiger charge is 2.26. The van der Waals surface area contributed by atoms with Crippen LogP contribution in [0.2, 0.25) is 0 Å². The summed E-state index contributed by atoms with van der Waals surface area (Å²) < 4.78 is 5.11. The van der Waals surface area contributed by atoms with E-state index < -0.39 is 6.04 Å². The maximum atomic E-state index is 11.4. The van der Waals surface area contributed by atoms with Gasteiger partial charge in [0.1, 0.15) is 5.75 Å². The van der Waals surface area contributed by atoms with Crippen LogP contribution < -0.4 is 4.74 Å². The van der Waals surface area contributed by atoms with Gasteiger partial charge in [0.25, 0.3) is 0 Å². The number of hydrogen-bond donors (Lipinski definition) is 0. The first-order valence-electron chi connectivity index (χ1n) is 7.16. The number of nitrogens with zero attached hydrogens (tertiary/aromatic N) is 1. The van der Waals surface area contributed by atoms with E-state index in [4.69, 9.17) is 4.74 Å². The molecule has 0 aromatic heterocycles. The van der Waals surface area contributed by atoms with Gasteiger partial charge in [-0.15, -0.1) is 0 Å². The van der Waals surface area contributed by atoms with Gasteiger partial charge in [0.05, 0.1) is 7.11 Å².